The average molecular weight is 466 g/mol. The molecule has 0 radical (unpaired) electrons. The van der Waals surface area contributed by atoms with E-state index in [0.717, 1.165) is 42.7 Å². The first kappa shape index (κ1) is 22.9. The Morgan fingerprint density at radius 1 is 0.812 bits per heavy atom. The summed E-state index contributed by atoms with van der Waals surface area (Å²) in [5.41, 5.74) is 0. The van der Waals surface area contributed by atoms with Crippen LogP contribution in [0.5, 0.6) is 0 Å². The zero-order chi connectivity index (χ0) is 22.7. The lowest BCUT2D eigenvalue weighted by Gasteiger charge is -2.35. The molecule has 32 heavy (non-hydrogen) atoms. The van der Waals surface area contributed by atoms with Gasteiger partial charge < -0.3 is 14.7 Å². The van der Waals surface area contributed by atoms with Crippen molar-refractivity contribution >= 4 is 33.5 Å². The molecule has 3 aliphatic heterocycles. The van der Waals surface area contributed by atoms with Crippen LogP contribution in [0, 0.1) is 0 Å². The Morgan fingerprint density at radius 3 is 1.81 bits per heavy atom. The Kier molecular flexibility index (Phi) is 6.91. The fourth-order valence-corrected chi connectivity index (χ4v) is 5.66. The number of hydrogen-bond donors (Lipinski definition) is 0. The highest BCUT2D eigenvalue weighted by Gasteiger charge is 2.31. The van der Waals surface area contributed by atoms with Crippen LogP contribution in [0.2, 0.25) is 0 Å². The smallest absolute Gasteiger partial charge is 0.229 e. The number of piperazine rings is 2. The van der Waals surface area contributed by atoms with Crippen molar-refractivity contribution in [2.24, 2.45) is 0 Å². The van der Waals surface area contributed by atoms with Crippen molar-refractivity contribution in [3.05, 3.63) is 12.1 Å². The SMILES string of the molecule is CN1CCN(c2ccc(N3CCN(S(=O)(=O)CCN4C(=O)CCCC4=O)CC3)nn2)CC1. The zero-order valence-corrected chi connectivity index (χ0v) is 19.3. The van der Waals surface area contributed by atoms with Gasteiger partial charge in [0.25, 0.3) is 0 Å². The third-order valence-electron chi connectivity index (χ3n) is 6.38. The summed E-state index contributed by atoms with van der Waals surface area (Å²) in [7, 11) is -1.44. The standard InChI is InChI=1S/C20H31N7O4S/c1-23-7-9-24(10-8-23)17-5-6-18(22-21-17)25-11-13-26(14-12-25)32(30,31)16-15-27-19(28)3-2-4-20(27)29/h5-6H,2-4,7-16H2,1H3. The summed E-state index contributed by atoms with van der Waals surface area (Å²) in [6.07, 6.45) is 1.15. The predicted molar refractivity (Wildman–Crippen MR) is 120 cm³/mol. The van der Waals surface area contributed by atoms with E-state index in [2.05, 4.69) is 27.0 Å². The lowest BCUT2D eigenvalue weighted by atomic mass is 10.1. The Labute approximate surface area is 189 Å². The highest BCUT2D eigenvalue weighted by atomic mass is 32.2. The van der Waals surface area contributed by atoms with E-state index >= 15 is 0 Å². The maximum absolute atomic E-state index is 12.7. The highest BCUT2D eigenvalue weighted by Crippen LogP contribution is 2.19. The number of sulfonamides is 1. The monoisotopic (exact) mass is 465 g/mol. The number of hydrogen-bond acceptors (Lipinski definition) is 9. The van der Waals surface area contributed by atoms with Crippen LogP contribution in [0.1, 0.15) is 19.3 Å². The van der Waals surface area contributed by atoms with Gasteiger partial charge in [-0.3, -0.25) is 14.5 Å². The van der Waals surface area contributed by atoms with Crippen molar-refractivity contribution in [2.75, 3.05) is 81.5 Å². The van der Waals surface area contributed by atoms with E-state index in [0.29, 0.717) is 45.4 Å². The molecule has 0 N–H and O–H groups in total. The van der Waals surface area contributed by atoms with Gasteiger partial charge in [0, 0.05) is 71.7 Å². The van der Waals surface area contributed by atoms with Crippen LogP contribution in [0.4, 0.5) is 11.6 Å². The van der Waals surface area contributed by atoms with Crippen LogP contribution in [-0.4, -0.2) is 116 Å². The predicted octanol–water partition coefficient (Wildman–Crippen LogP) is -0.781. The number of anilines is 2. The van der Waals surface area contributed by atoms with Gasteiger partial charge in [-0.2, -0.15) is 4.31 Å². The largest absolute Gasteiger partial charge is 0.353 e. The molecule has 0 spiro atoms. The van der Waals surface area contributed by atoms with E-state index in [1.165, 1.54) is 4.31 Å². The van der Waals surface area contributed by atoms with E-state index in [1.807, 2.05) is 17.0 Å². The molecule has 1 aromatic rings. The molecule has 176 valence electrons. The summed E-state index contributed by atoms with van der Waals surface area (Å²) >= 11 is 0. The molecule has 12 heteroatoms. The third kappa shape index (κ3) is 5.18. The summed E-state index contributed by atoms with van der Waals surface area (Å²) in [5, 5.41) is 8.75. The van der Waals surface area contributed by atoms with Gasteiger partial charge in [-0.15, -0.1) is 10.2 Å². The minimum atomic E-state index is -3.55. The highest BCUT2D eigenvalue weighted by molar-refractivity contribution is 7.89. The molecule has 0 saturated carbocycles. The molecule has 0 atom stereocenters. The van der Waals surface area contributed by atoms with Crippen molar-refractivity contribution < 1.29 is 18.0 Å². The first-order chi connectivity index (χ1) is 15.3. The van der Waals surface area contributed by atoms with Gasteiger partial charge in [0.2, 0.25) is 21.8 Å². The molecular weight excluding hydrogens is 434 g/mol. The number of aromatic nitrogens is 2. The van der Waals surface area contributed by atoms with Gasteiger partial charge in [-0.05, 0) is 25.6 Å². The van der Waals surface area contributed by atoms with Crippen molar-refractivity contribution in [2.45, 2.75) is 19.3 Å². The number of nitrogens with zero attached hydrogens (tertiary/aromatic N) is 7. The molecule has 4 heterocycles. The number of likely N-dealkylation sites (N-methyl/N-ethyl adjacent to an activating group) is 1. The van der Waals surface area contributed by atoms with Crippen LogP contribution < -0.4 is 9.80 Å². The number of imide groups is 1. The number of likely N-dealkylation sites (tertiary alicyclic amines) is 1. The molecule has 0 unspecified atom stereocenters. The Bertz CT molecular complexity index is 908. The van der Waals surface area contributed by atoms with Crippen molar-refractivity contribution in [3.8, 4) is 0 Å². The second kappa shape index (κ2) is 9.67. The van der Waals surface area contributed by atoms with Crippen LogP contribution in [0.15, 0.2) is 12.1 Å². The van der Waals surface area contributed by atoms with E-state index in [1.54, 1.807) is 0 Å². The zero-order valence-electron chi connectivity index (χ0n) is 18.5. The van der Waals surface area contributed by atoms with Crippen molar-refractivity contribution in [1.82, 2.24) is 24.3 Å². The average Bonchev–Trinajstić information content (AvgIpc) is 2.79. The van der Waals surface area contributed by atoms with Crippen LogP contribution in [0.3, 0.4) is 0 Å². The Balaban J connectivity index is 1.28. The number of rotatable bonds is 6. The maximum Gasteiger partial charge on any atom is 0.229 e. The molecule has 4 rings (SSSR count). The van der Waals surface area contributed by atoms with Crippen LogP contribution in [0.25, 0.3) is 0 Å². The van der Waals surface area contributed by atoms with E-state index in [-0.39, 0.29) is 24.1 Å². The number of carbonyl (C=O) groups is 2. The molecule has 0 aromatic carbocycles. The maximum atomic E-state index is 12.7. The molecule has 0 bridgehead atoms. The summed E-state index contributed by atoms with van der Waals surface area (Å²) in [4.78, 5) is 31.4. The Morgan fingerprint density at radius 2 is 1.31 bits per heavy atom. The van der Waals surface area contributed by atoms with E-state index in [9.17, 15) is 18.0 Å². The van der Waals surface area contributed by atoms with E-state index in [4.69, 9.17) is 0 Å². The van der Waals surface area contributed by atoms with Gasteiger partial charge in [-0.1, -0.05) is 0 Å². The lowest BCUT2D eigenvalue weighted by Crippen LogP contribution is -2.51. The van der Waals surface area contributed by atoms with Crippen LogP contribution >= 0.6 is 0 Å². The second-order valence-electron chi connectivity index (χ2n) is 8.53. The van der Waals surface area contributed by atoms with Crippen LogP contribution in [-0.2, 0) is 19.6 Å². The number of carbonyl (C=O) groups excluding carboxylic acids is 2. The van der Waals surface area contributed by atoms with Gasteiger partial charge in [0.05, 0.1) is 5.75 Å². The molecular formula is C20H31N7O4S. The first-order valence-electron chi connectivity index (χ1n) is 11.2. The summed E-state index contributed by atoms with van der Waals surface area (Å²) in [6, 6.07) is 3.92. The molecule has 0 aliphatic carbocycles. The minimum absolute atomic E-state index is 0.0700. The molecule has 1 aromatic heterocycles. The normalized spacial score (nSPS) is 22.0. The molecule has 3 saturated heterocycles. The Hall–Kier alpha value is -2.31. The summed E-state index contributed by atoms with van der Waals surface area (Å²) in [5.74, 6) is 0.818. The van der Waals surface area contributed by atoms with Crippen molar-refractivity contribution in [3.63, 3.8) is 0 Å². The first-order valence-corrected chi connectivity index (χ1v) is 12.8. The number of piperidine rings is 1. The lowest BCUT2D eigenvalue weighted by molar-refractivity contribution is -0.147. The van der Waals surface area contributed by atoms with Gasteiger partial charge in [-0.25, -0.2) is 8.42 Å². The van der Waals surface area contributed by atoms with Gasteiger partial charge >= 0.3 is 0 Å². The van der Waals surface area contributed by atoms with Gasteiger partial charge in [0.1, 0.15) is 0 Å². The van der Waals surface area contributed by atoms with Crippen molar-refractivity contribution in [1.29, 1.82) is 0 Å². The van der Waals surface area contributed by atoms with Gasteiger partial charge in [0.15, 0.2) is 11.6 Å². The molecule has 3 fully saturated rings. The third-order valence-corrected chi connectivity index (χ3v) is 8.23. The second-order valence-corrected chi connectivity index (χ2v) is 10.6. The minimum Gasteiger partial charge on any atom is -0.353 e. The molecule has 3 aliphatic rings. The fourth-order valence-electron chi connectivity index (χ4n) is 4.27. The summed E-state index contributed by atoms with van der Waals surface area (Å²) in [6.45, 7) is 5.50. The number of amides is 2. The summed E-state index contributed by atoms with van der Waals surface area (Å²) < 4.78 is 26.9. The fraction of sp³-hybridized carbons (Fsp3) is 0.700. The molecule has 11 nitrogen and oxygen atoms in total. The van der Waals surface area contributed by atoms with E-state index < -0.39 is 10.0 Å². The quantitative estimate of drug-likeness (QED) is 0.500. The topological polar surface area (TPSA) is 110 Å². The molecule has 2 amide bonds.